The molecule has 0 radical (unpaired) electrons. The third-order valence-electron chi connectivity index (χ3n) is 4.18. The van der Waals surface area contributed by atoms with Gasteiger partial charge in [0.25, 0.3) is 0 Å². The number of unbranched alkanes of at least 4 members (excludes halogenated alkanes) is 7. The molecule has 4 heteroatoms. The summed E-state index contributed by atoms with van der Waals surface area (Å²) in [5.41, 5.74) is 1.16. The first kappa shape index (κ1) is 20.2. The van der Waals surface area contributed by atoms with Crippen LogP contribution in [0.1, 0.15) is 83.6 Å². The predicted molar refractivity (Wildman–Crippen MR) is 98.3 cm³/mol. The maximum Gasteiger partial charge on any atom is 0.240 e. The molecule has 132 valence electrons. The van der Waals surface area contributed by atoms with Gasteiger partial charge in [-0.1, -0.05) is 77.8 Å². The molecule has 0 atom stereocenters. The fourth-order valence-electron chi connectivity index (χ4n) is 2.58. The van der Waals surface area contributed by atoms with Crippen molar-refractivity contribution in [1.29, 1.82) is 0 Å². The maximum atomic E-state index is 12.2. The van der Waals surface area contributed by atoms with Crippen LogP contribution in [0.3, 0.4) is 0 Å². The topological polar surface area (TPSA) is 46.2 Å². The van der Waals surface area contributed by atoms with Gasteiger partial charge < -0.3 is 0 Å². The quantitative estimate of drug-likeness (QED) is 0.530. The molecular formula is C19H33NO2S. The molecule has 0 aliphatic carbocycles. The molecule has 0 saturated heterocycles. The molecule has 0 fully saturated rings. The highest BCUT2D eigenvalue weighted by atomic mass is 32.2. The molecule has 0 aromatic heterocycles. The van der Waals surface area contributed by atoms with Gasteiger partial charge in [-0.2, -0.15) is 0 Å². The Labute approximate surface area is 142 Å². The van der Waals surface area contributed by atoms with Crippen molar-refractivity contribution in [2.45, 2.75) is 83.0 Å². The Bertz CT molecular complexity index is 521. The second-order valence-corrected chi connectivity index (χ2v) is 8.36. The molecule has 1 rings (SSSR count). The highest BCUT2D eigenvalue weighted by Gasteiger charge is 2.13. The van der Waals surface area contributed by atoms with Crippen molar-refractivity contribution in [3.05, 3.63) is 29.8 Å². The van der Waals surface area contributed by atoms with Gasteiger partial charge in [-0.25, -0.2) is 13.1 Å². The van der Waals surface area contributed by atoms with Crippen LogP contribution in [0.15, 0.2) is 29.2 Å². The van der Waals surface area contributed by atoms with Crippen LogP contribution in [0.4, 0.5) is 0 Å². The Hall–Kier alpha value is -0.870. The van der Waals surface area contributed by atoms with Crippen molar-refractivity contribution in [3.8, 4) is 0 Å². The minimum atomic E-state index is -3.36. The third kappa shape index (κ3) is 7.98. The Morgan fingerprint density at radius 3 is 1.91 bits per heavy atom. The van der Waals surface area contributed by atoms with Crippen LogP contribution in [0, 0.1) is 0 Å². The first-order chi connectivity index (χ1) is 11.0. The average molecular weight is 340 g/mol. The summed E-state index contributed by atoms with van der Waals surface area (Å²) in [5, 5.41) is 0. The molecule has 0 aliphatic rings. The minimum absolute atomic E-state index is 0.362. The van der Waals surface area contributed by atoms with Gasteiger partial charge in [0.1, 0.15) is 0 Å². The normalized spacial score (nSPS) is 12.0. The summed E-state index contributed by atoms with van der Waals surface area (Å²) in [7, 11) is -3.36. The van der Waals surface area contributed by atoms with E-state index < -0.39 is 10.0 Å². The van der Waals surface area contributed by atoms with Gasteiger partial charge in [0, 0.05) is 6.54 Å². The molecule has 0 heterocycles. The molecule has 23 heavy (non-hydrogen) atoms. The van der Waals surface area contributed by atoms with Gasteiger partial charge in [-0.3, -0.25) is 0 Å². The van der Waals surface area contributed by atoms with E-state index in [1.165, 1.54) is 38.5 Å². The molecule has 0 bridgehead atoms. The van der Waals surface area contributed by atoms with Crippen molar-refractivity contribution < 1.29 is 8.42 Å². The van der Waals surface area contributed by atoms with Crippen molar-refractivity contribution >= 4 is 10.0 Å². The lowest BCUT2D eigenvalue weighted by molar-refractivity contribution is 0.559. The largest absolute Gasteiger partial charge is 0.240 e. The standard InChI is InChI=1S/C19H33NO2S/c1-4-5-6-7-8-9-10-11-16-20-23(21,22)19-14-12-18(13-15-19)17(2)3/h12-15,17,20H,4-11,16H2,1-3H3. The highest BCUT2D eigenvalue weighted by Crippen LogP contribution is 2.17. The van der Waals surface area contributed by atoms with E-state index in [0.717, 1.165) is 18.4 Å². The van der Waals surface area contributed by atoms with Crippen LogP contribution in [0.2, 0.25) is 0 Å². The van der Waals surface area contributed by atoms with E-state index in [0.29, 0.717) is 17.4 Å². The Kier molecular flexibility index (Phi) is 9.49. The fourth-order valence-corrected chi connectivity index (χ4v) is 3.65. The monoisotopic (exact) mass is 339 g/mol. The Balaban J connectivity index is 2.25. The van der Waals surface area contributed by atoms with Gasteiger partial charge >= 0.3 is 0 Å². The van der Waals surface area contributed by atoms with Crippen LogP contribution < -0.4 is 4.72 Å². The van der Waals surface area contributed by atoms with Crippen molar-refractivity contribution in [1.82, 2.24) is 4.72 Å². The molecule has 0 amide bonds. The van der Waals surface area contributed by atoms with Gasteiger partial charge in [0.15, 0.2) is 0 Å². The smallest absolute Gasteiger partial charge is 0.211 e. The lowest BCUT2D eigenvalue weighted by Crippen LogP contribution is -2.24. The second kappa shape index (κ2) is 10.8. The number of rotatable bonds is 12. The molecular weight excluding hydrogens is 306 g/mol. The number of sulfonamides is 1. The molecule has 0 saturated carbocycles. The summed E-state index contributed by atoms with van der Waals surface area (Å²) in [5.74, 6) is 0.414. The number of benzene rings is 1. The van der Waals surface area contributed by atoms with Crippen molar-refractivity contribution in [3.63, 3.8) is 0 Å². The minimum Gasteiger partial charge on any atom is -0.211 e. The molecule has 1 aromatic rings. The van der Waals surface area contributed by atoms with Gasteiger partial charge in [0.05, 0.1) is 4.90 Å². The summed E-state index contributed by atoms with van der Waals surface area (Å²) in [4.78, 5) is 0.362. The molecule has 0 unspecified atom stereocenters. The van der Waals surface area contributed by atoms with Gasteiger partial charge in [0.2, 0.25) is 10.0 Å². The summed E-state index contributed by atoms with van der Waals surface area (Å²) < 4.78 is 27.1. The summed E-state index contributed by atoms with van der Waals surface area (Å²) in [6.07, 6.45) is 9.72. The van der Waals surface area contributed by atoms with Gasteiger partial charge in [-0.15, -0.1) is 0 Å². The molecule has 1 aromatic carbocycles. The zero-order chi connectivity index (χ0) is 17.1. The van der Waals surface area contributed by atoms with E-state index in [9.17, 15) is 8.42 Å². The number of nitrogens with one attached hydrogen (secondary N) is 1. The molecule has 3 nitrogen and oxygen atoms in total. The second-order valence-electron chi connectivity index (χ2n) is 6.60. The maximum absolute atomic E-state index is 12.2. The lowest BCUT2D eigenvalue weighted by Gasteiger charge is -2.09. The fraction of sp³-hybridized carbons (Fsp3) is 0.684. The van der Waals surface area contributed by atoms with Gasteiger partial charge in [-0.05, 0) is 30.0 Å². The predicted octanol–water partition coefficient (Wildman–Crippen LogP) is 5.23. The van der Waals surface area contributed by atoms with E-state index in [-0.39, 0.29) is 0 Å². The van der Waals surface area contributed by atoms with Crippen LogP contribution in [0.5, 0.6) is 0 Å². The lowest BCUT2D eigenvalue weighted by atomic mass is 10.0. The molecule has 0 aliphatic heterocycles. The first-order valence-corrected chi connectivity index (χ1v) is 10.6. The van der Waals surface area contributed by atoms with Crippen molar-refractivity contribution in [2.24, 2.45) is 0 Å². The van der Waals surface area contributed by atoms with E-state index in [4.69, 9.17) is 0 Å². The molecule has 1 N–H and O–H groups in total. The number of hydrogen-bond donors (Lipinski definition) is 1. The van der Waals surface area contributed by atoms with Crippen LogP contribution in [0.25, 0.3) is 0 Å². The van der Waals surface area contributed by atoms with E-state index in [2.05, 4.69) is 25.5 Å². The highest BCUT2D eigenvalue weighted by molar-refractivity contribution is 7.89. The number of hydrogen-bond acceptors (Lipinski definition) is 2. The summed E-state index contributed by atoms with van der Waals surface area (Å²) >= 11 is 0. The summed E-state index contributed by atoms with van der Waals surface area (Å²) in [6.45, 7) is 6.96. The summed E-state index contributed by atoms with van der Waals surface area (Å²) in [6, 6.07) is 7.20. The molecule has 0 spiro atoms. The van der Waals surface area contributed by atoms with E-state index >= 15 is 0 Å². The van der Waals surface area contributed by atoms with Crippen LogP contribution >= 0.6 is 0 Å². The SMILES string of the molecule is CCCCCCCCCCNS(=O)(=O)c1ccc(C(C)C)cc1. The van der Waals surface area contributed by atoms with E-state index in [1.807, 2.05) is 12.1 Å². The zero-order valence-corrected chi connectivity index (χ0v) is 15.8. The van der Waals surface area contributed by atoms with Crippen LogP contribution in [-0.2, 0) is 10.0 Å². The zero-order valence-electron chi connectivity index (χ0n) is 15.0. The Morgan fingerprint density at radius 2 is 1.39 bits per heavy atom. The Morgan fingerprint density at radius 1 is 0.870 bits per heavy atom. The van der Waals surface area contributed by atoms with E-state index in [1.54, 1.807) is 12.1 Å². The average Bonchev–Trinajstić information content (AvgIpc) is 2.53. The van der Waals surface area contributed by atoms with Crippen LogP contribution in [-0.4, -0.2) is 15.0 Å². The van der Waals surface area contributed by atoms with Crippen molar-refractivity contribution in [2.75, 3.05) is 6.54 Å². The third-order valence-corrected chi connectivity index (χ3v) is 5.66. The first-order valence-electron chi connectivity index (χ1n) is 9.07.